The van der Waals surface area contributed by atoms with Crippen molar-refractivity contribution in [1.29, 1.82) is 0 Å². The van der Waals surface area contributed by atoms with E-state index in [-0.39, 0.29) is 5.70 Å². The molecule has 2 aliphatic heterocycles. The third-order valence-corrected chi connectivity index (χ3v) is 6.20. The normalized spacial score (nSPS) is 25.4. The SMILES string of the molecule is O=C(O)C1=C(CSc2nncs2)CS[C@H]2[C@H](O)C(=O)N12. The lowest BCUT2D eigenvalue weighted by molar-refractivity contribution is -0.159. The van der Waals surface area contributed by atoms with Gasteiger partial charge in [-0.3, -0.25) is 9.69 Å². The first-order chi connectivity index (χ1) is 9.59. The molecule has 2 aliphatic rings. The summed E-state index contributed by atoms with van der Waals surface area (Å²) >= 11 is 4.15. The fraction of sp³-hybridized carbons (Fsp3) is 0.400. The molecule has 1 fully saturated rings. The second kappa shape index (κ2) is 5.35. The van der Waals surface area contributed by atoms with E-state index in [0.29, 0.717) is 17.1 Å². The molecule has 2 N–H and O–H groups in total. The quantitative estimate of drug-likeness (QED) is 0.597. The Morgan fingerprint density at radius 3 is 3.05 bits per heavy atom. The molecule has 10 heteroatoms. The van der Waals surface area contributed by atoms with Gasteiger partial charge in [0.1, 0.15) is 16.6 Å². The van der Waals surface area contributed by atoms with Gasteiger partial charge in [-0.25, -0.2) is 4.79 Å². The molecule has 1 aromatic heterocycles. The molecule has 2 atom stereocenters. The molecule has 0 aliphatic carbocycles. The zero-order valence-electron chi connectivity index (χ0n) is 9.92. The predicted molar refractivity (Wildman–Crippen MR) is 74.4 cm³/mol. The average Bonchev–Trinajstić information content (AvgIpc) is 2.96. The first-order valence-electron chi connectivity index (χ1n) is 5.56. The van der Waals surface area contributed by atoms with E-state index in [0.717, 1.165) is 4.34 Å². The summed E-state index contributed by atoms with van der Waals surface area (Å²) in [5.41, 5.74) is 2.27. The second-order valence-corrected chi connectivity index (χ2v) is 7.27. The van der Waals surface area contributed by atoms with Gasteiger partial charge in [-0.2, -0.15) is 0 Å². The summed E-state index contributed by atoms with van der Waals surface area (Å²) in [6.45, 7) is 0. The number of β-lactam (4-membered cyclic amide) rings is 1. The van der Waals surface area contributed by atoms with Crippen LogP contribution in [0.5, 0.6) is 0 Å². The minimum absolute atomic E-state index is 0.000986. The standard InChI is InChI=1S/C10H9N3O4S3/c14-6-7(15)13-5(9(16)17)4(1-18-8(6)13)2-19-10-12-11-3-20-10/h3,6,8,14H,1-2H2,(H,16,17)/t6-,8+/m1/s1. The Hall–Kier alpha value is -1.10. The minimum atomic E-state index is -1.14. The molecule has 20 heavy (non-hydrogen) atoms. The van der Waals surface area contributed by atoms with Gasteiger partial charge in [-0.05, 0) is 5.57 Å². The van der Waals surface area contributed by atoms with Crippen molar-refractivity contribution in [2.24, 2.45) is 0 Å². The Morgan fingerprint density at radius 1 is 1.60 bits per heavy atom. The molecule has 3 rings (SSSR count). The highest BCUT2D eigenvalue weighted by molar-refractivity contribution is 8.01. The van der Waals surface area contributed by atoms with Crippen molar-refractivity contribution in [3.05, 3.63) is 16.8 Å². The van der Waals surface area contributed by atoms with Crippen LogP contribution in [-0.2, 0) is 9.59 Å². The number of carboxylic acids is 1. The van der Waals surface area contributed by atoms with Crippen LogP contribution < -0.4 is 0 Å². The van der Waals surface area contributed by atoms with E-state index in [9.17, 15) is 19.8 Å². The number of fused-ring (bicyclic) bond motifs is 1. The number of carbonyl (C=O) groups excluding carboxylic acids is 1. The van der Waals surface area contributed by atoms with E-state index < -0.39 is 23.4 Å². The van der Waals surface area contributed by atoms with Gasteiger partial charge in [-0.15, -0.1) is 22.0 Å². The van der Waals surface area contributed by atoms with Gasteiger partial charge >= 0.3 is 5.97 Å². The van der Waals surface area contributed by atoms with Crippen molar-refractivity contribution in [3.8, 4) is 0 Å². The molecule has 1 aromatic rings. The second-order valence-electron chi connectivity index (χ2n) is 4.11. The lowest BCUT2D eigenvalue weighted by atomic mass is 10.1. The molecular weight excluding hydrogens is 322 g/mol. The van der Waals surface area contributed by atoms with Crippen molar-refractivity contribution < 1.29 is 19.8 Å². The van der Waals surface area contributed by atoms with Crippen LogP contribution in [0.4, 0.5) is 0 Å². The Bertz CT molecular complexity index is 589. The van der Waals surface area contributed by atoms with E-state index in [1.54, 1.807) is 5.51 Å². The fourth-order valence-electron chi connectivity index (χ4n) is 2.02. The number of aliphatic hydroxyl groups is 1. The summed E-state index contributed by atoms with van der Waals surface area (Å²) in [5, 5.41) is 26.0. The van der Waals surface area contributed by atoms with Gasteiger partial charge in [0, 0.05) is 11.5 Å². The zero-order valence-corrected chi connectivity index (χ0v) is 12.4. The first-order valence-corrected chi connectivity index (χ1v) is 8.48. The number of hydrogen-bond acceptors (Lipinski definition) is 8. The highest BCUT2D eigenvalue weighted by Crippen LogP contribution is 2.41. The van der Waals surface area contributed by atoms with Gasteiger partial charge in [0.05, 0.1) is 0 Å². The van der Waals surface area contributed by atoms with Crippen molar-refractivity contribution in [2.45, 2.75) is 15.8 Å². The molecule has 1 amide bonds. The Balaban J connectivity index is 1.82. The smallest absolute Gasteiger partial charge is 0.352 e. The molecule has 0 bridgehead atoms. The summed E-state index contributed by atoms with van der Waals surface area (Å²) in [6.07, 6.45) is -1.09. The van der Waals surface area contributed by atoms with Gasteiger partial charge in [0.25, 0.3) is 5.91 Å². The first kappa shape index (κ1) is 13.9. The number of carboxylic acid groups (broad SMARTS) is 1. The molecule has 0 aromatic carbocycles. The molecule has 0 unspecified atom stereocenters. The number of carbonyl (C=O) groups is 2. The fourth-order valence-corrected chi connectivity index (χ4v) is 4.91. The number of amides is 1. The molecule has 0 spiro atoms. The van der Waals surface area contributed by atoms with E-state index in [1.165, 1.54) is 39.8 Å². The molecule has 0 saturated carbocycles. The summed E-state index contributed by atoms with van der Waals surface area (Å²) in [4.78, 5) is 24.2. The van der Waals surface area contributed by atoms with Crippen LogP contribution in [0.15, 0.2) is 21.1 Å². The third kappa shape index (κ3) is 2.22. The zero-order chi connectivity index (χ0) is 14.3. The van der Waals surface area contributed by atoms with E-state index in [1.807, 2.05) is 0 Å². The maximum absolute atomic E-state index is 11.6. The van der Waals surface area contributed by atoms with Crippen molar-refractivity contribution >= 4 is 46.7 Å². The summed E-state index contributed by atoms with van der Waals surface area (Å²) in [7, 11) is 0. The van der Waals surface area contributed by atoms with Crippen LogP contribution >= 0.6 is 34.9 Å². The predicted octanol–water partition coefficient (Wildman–Crippen LogP) is 0.245. The summed E-state index contributed by atoms with van der Waals surface area (Å²) in [5.74, 6) is -0.753. The van der Waals surface area contributed by atoms with Crippen LogP contribution in [0.1, 0.15) is 0 Å². The molecular formula is C10H9N3O4S3. The molecule has 106 valence electrons. The highest BCUT2D eigenvalue weighted by Gasteiger charge is 2.52. The van der Waals surface area contributed by atoms with Crippen LogP contribution in [-0.4, -0.2) is 60.2 Å². The lowest BCUT2D eigenvalue weighted by Crippen LogP contribution is -2.64. The van der Waals surface area contributed by atoms with Crippen LogP contribution in [0.2, 0.25) is 0 Å². The average molecular weight is 331 g/mol. The van der Waals surface area contributed by atoms with Gasteiger partial charge < -0.3 is 10.2 Å². The number of aromatic nitrogens is 2. The van der Waals surface area contributed by atoms with Crippen molar-refractivity contribution in [1.82, 2.24) is 15.1 Å². The Morgan fingerprint density at radius 2 is 2.40 bits per heavy atom. The maximum Gasteiger partial charge on any atom is 0.352 e. The highest BCUT2D eigenvalue weighted by atomic mass is 32.2. The van der Waals surface area contributed by atoms with E-state index >= 15 is 0 Å². The number of aliphatic hydroxyl groups excluding tert-OH is 1. The number of aliphatic carboxylic acids is 1. The Kier molecular flexibility index (Phi) is 3.71. The molecule has 3 heterocycles. The summed E-state index contributed by atoms with van der Waals surface area (Å²) < 4.78 is 0.754. The van der Waals surface area contributed by atoms with E-state index in [2.05, 4.69) is 10.2 Å². The monoisotopic (exact) mass is 331 g/mol. The minimum Gasteiger partial charge on any atom is -0.477 e. The molecule has 1 saturated heterocycles. The number of thioether (sulfide) groups is 2. The number of rotatable bonds is 4. The van der Waals surface area contributed by atoms with Crippen LogP contribution in [0.3, 0.4) is 0 Å². The molecule has 0 radical (unpaired) electrons. The third-order valence-electron chi connectivity index (χ3n) is 2.93. The van der Waals surface area contributed by atoms with Gasteiger partial charge in [0.2, 0.25) is 0 Å². The van der Waals surface area contributed by atoms with Gasteiger partial charge in [0.15, 0.2) is 10.4 Å². The number of nitrogens with zero attached hydrogens (tertiary/aromatic N) is 3. The Labute approximate surface area is 126 Å². The largest absolute Gasteiger partial charge is 0.477 e. The van der Waals surface area contributed by atoms with Gasteiger partial charge in [-0.1, -0.05) is 23.1 Å². The van der Waals surface area contributed by atoms with Crippen LogP contribution in [0.25, 0.3) is 0 Å². The maximum atomic E-state index is 11.6. The summed E-state index contributed by atoms with van der Waals surface area (Å²) in [6, 6.07) is 0. The topological polar surface area (TPSA) is 104 Å². The van der Waals surface area contributed by atoms with Crippen molar-refractivity contribution in [2.75, 3.05) is 11.5 Å². The number of hydrogen-bond donors (Lipinski definition) is 2. The van der Waals surface area contributed by atoms with Crippen molar-refractivity contribution in [3.63, 3.8) is 0 Å². The van der Waals surface area contributed by atoms with E-state index in [4.69, 9.17) is 0 Å². The molecule has 7 nitrogen and oxygen atoms in total. The van der Waals surface area contributed by atoms with Crippen LogP contribution in [0, 0.1) is 0 Å². The lowest BCUT2D eigenvalue weighted by Gasteiger charge is -2.47.